The van der Waals surface area contributed by atoms with Gasteiger partial charge in [-0.25, -0.2) is 0 Å². The Morgan fingerprint density at radius 3 is 3.00 bits per heavy atom. The van der Waals surface area contributed by atoms with Gasteiger partial charge in [0.1, 0.15) is 5.69 Å². The smallest absolute Gasteiger partial charge is 0.292 e. The second kappa shape index (κ2) is 7.16. The number of ether oxygens (including phenoxy) is 1. The maximum absolute atomic E-state index is 10.9. The average Bonchev–Trinajstić information content (AvgIpc) is 2.92. The molecule has 0 amide bonds. The van der Waals surface area contributed by atoms with Crippen molar-refractivity contribution in [1.29, 1.82) is 0 Å². The molecule has 0 aliphatic carbocycles. The Bertz CT molecular complexity index is 490. The van der Waals surface area contributed by atoms with Crippen LogP contribution in [0.3, 0.4) is 0 Å². The third kappa shape index (κ3) is 4.14. The second-order valence-corrected chi connectivity index (χ2v) is 4.99. The number of hydrogen-bond acceptors (Lipinski definition) is 4. The van der Waals surface area contributed by atoms with E-state index in [1.807, 2.05) is 0 Å². The van der Waals surface area contributed by atoms with Gasteiger partial charge in [-0.1, -0.05) is 12.1 Å². The molecule has 1 heterocycles. The normalized spacial score (nSPS) is 17.7. The summed E-state index contributed by atoms with van der Waals surface area (Å²) in [6.07, 6.45) is 3.39. The zero-order valence-electron chi connectivity index (χ0n) is 11.0. The predicted molar refractivity (Wildman–Crippen MR) is 80.9 cm³/mol. The molecule has 1 aromatic rings. The largest absolute Gasteiger partial charge is 0.378 e. The summed E-state index contributed by atoms with van der Waals surface area (Å²) in [5.74, 6) is 0. The summed E-state index contributed by atoms with van der Waals surface area (Å²) in [4.78, 5) is 10.4. The van der Waals surface area contributed by atoms with Gasteiger partial charge < -0.3 is 15.4 Å². The molecule has 1 aliphatic heterocycles. The van der Waals surface area contributed by atoms with Gasteiger partial charge in [0.2, 0.25) is 0 Å². The zero-order chi connectivity index (χ0) is 14.4. The van der Waals surface area contributed by atoms with E-state index >= 15 is 0 Å². The van der Waals surface area contributed by atoms with Gasteiger partial charge in [0.05, 0.1) is 11.0 Å². The Morgan fingerprint density at radius 2 is 2.30 bits per heavy atom. The van der Waals surface area contributed by atoms with E-state index in [-0.39, 0.29) is 5.69 Å². The first-order valence-corrected chi connectivity index (χ1v) is 6.97. The number of para-hydroxylation sites is 2. The molecule has 1 atom stereocenters. The van der Waals surface area contributed by atoms with Crippen LogP contribution < -0.4 is 10.6 Å². The second-order valence-electron chi connectivity index (χ2n) is 4.58. The molecule has 1 saturated heterocycles. The van der Waals surface area contributed by atoms with Crippen LogP contribution in [-0.4, -0.2) is 29.3 Å². The number of rotatable bonds is 5. The Labute approximate surface area is 122 Å². The zero-order valence-corrected chi connectivity index (χ0v) is 11.8. The summed E-state index contributed by atoms with van der Waals surface area (Å²) < 4.78 is 5.51. The molecule has 0 spiro atoms. The van der Waals surface area contributed by atoms with Crippen molar-refractivity contribution in [3.63, 3.8) is 0 Å². The molecule has 6 nitrogen and oxygen atoms in total. The first kappa shape index (κ1) is 14.7. The van der Waals surface area contributed by atoms with Crippen molar-refractivity contribution in [2.24, 2.45) is 0 Å². The monoisotopic (exact) mass is 295 g/mol. The molecule has 1 aliphatic rings. The molecule has 0 aromatic heterocycles. The molecule has 2 N–H and O–H groups in total. The van der Waals surface area contributed by atoms with E-state index in [0.717, 1.165) is 25.9 Å². The molecular weight excluding hydrogens is 278 g/mol. The van der Waals surface area contributed by atoms with Crippen molar-refractivity contribution < 1.29 is 9.66 Å². The van der Waals surface area contributed by atoms with Gasteiger partial charge in [-0.05, 0) is 37.5 Å². The number of nitro benzene ring substituents is 1. The van der Waals surface area contributed by atoms with Crippen LogP contribution in [0.25, 0.3) is 0 Å². The Hall–Kier alpha value is -1.73. The molecule has 0 bridgehead atoms. The average molecular weight is 295 g/mol. The van der Waals surface area contributed by atoms with Gasteiger partial charge >= 0.3 is 0 Å². The summed E-state index contributed by atoms with van der Waals surface area (Å²) in [5.41, 5.74) is 0.405. The highest BCUT2D eigenvalue weighted by molar-refractivity contribution is 7.80. The van der Waals surface area contributed by atoms with Gasteiger partial charge in [-0.2, -0.15) is 0 Å². The molecule has 7 heteroatoms. The fourth-order valence-corrected chi connectivity index (χ4v) is 2.34. The Kier molecular flexibility index (Phi) is 5.25. The number of anilines is 1. The molecular formula is C13H17N3O3S. The quantitative estimate of drug-likeness (QED) is 0.493. The number of thiocarbonyl (C=S) groups is 1. The minimum atomic E-state index is -0.433. The van der Waals surface area contributed by atoms with Crippen LogP contribution in [0.1, 0.15) is 19.3 Å². The van der Waals surface area contributed by atoms with Gasteiger partial charge in [-0.3, -0.25) is 10.1 Å². The van der Waals surface area contributed by atoms with Crippen molar-refractivity contribution in [2.45, 2.75) is 25.4 Å². The lowest BCUT2D eigenvalue weighted by Crippen LogP contribution is -2.31. The minimum absolute atomic E-state index is 0.00998. The van der Waals surface area contributed by atoms with E-state index in [1.54, 1.807) is 18.2 Å². The van der Waals surface area contributed by atoms with E-state index in [2.05, 4.69) is 10.6 Å². The van der Waals surface area contributed by atoms with Crippen LogP contribution in [-0.2, 0) is 4.74 Å². The Morgan fingerprint density at radius 1 is 1.50 bits per heavy atom. The summed E-state index contributed by atoms with van der Waals surface area (Å²) >= 11 is 5.14. The third-order valence-corrected chi connectivity index (χ3v) is 3.37. The van der Waals surface area contributed by atoms with Crippen molar-refractivity contribution in [2.75, 3.05) is 18.5 Å². The van der Waals surface area contributed by atoms with Crippen LogP contribution in [0.4, 0.5) is 11.4 Å². The number of nitrogens with zero attached hydrogens (tertiary/aromatic N) is 1. The maximum Gasteiger partial charge on any atom is 0.292 e. The first-order valence-electron chi connectivity index (χ1n) is 6.56. The number of nitro groups is 1. The number of hydrogen-bond donors (Lipinski definition) is 2. The fraction of sp³-hybridized carbons (Fsp3) is 0.462. The van der Waals surface area contributed by atoms with Crippen molar-refractivity contribution in [3.8, 4) is 0 Å². The highest BCUT2D eigenvalue weighted by atomic mass is 32.1. The lowest BCUT2D eigenvalue weighted by Gasteiger charge is -2.13. The molecule has 2 rings (SSSR count). The number of nitrogens with one attached hydrogen (secondary N) is 2. The molecule has 1 aromatic carbocycles. The van der Waals surface area contributed by atoms with Crippen LogP contribution in [0.5, 0.6) is 0 Å². The molecule has 0 saturated carbocycles. The van der Waals surface area contributed by atoms with Crippen LogP contribution in [0, 0.1) is 10.1 Å². The molecule has 1 unspecified atom stereocenters. The van der Waals surface area contributed by atoms with E-state index in [0.29, 0.717) is 23.4 Å². The van der Waals surface area contributed by atoms with Gasteiger partial charge in [0.15, 0.2) is 5.11 Å². The topological polar surface area (TPSA) is 76.4 Å². The molecule has 0 radical (unpaired) electrons. The van der Waals surface area contributed by atoms with Gasteiger partial charge in [-0.15, -0.1) is 0 Å². The summed E-state index contributed by atoms with van der Waals surface area (Å²) in [6, 6.07) is 6.42. The van der Waals surface area contributed by atoms with Crippen LogP contribution >= 0.6 is 12.2 Å². The van der Waals surface area contributed by atoms with E-state index in [9.17, 15) is 10.1 Å². The Balaban J connectivity index is 1.80. The SMILES string of the molecule is O=[N+]([O-])c1ccccc1NC(=S)NCCC1CCCO1. The fourth-order valence-electron chi connectivity index (χ4n) is 2.12. The molecule has 1 fully saturated rings. The van der Waals surface area contributed by atoms with E-state index < -0.39 is 4.92 Å². The van der Waals surface area contributed by atoms with Gasteiger partial charge in [0.25, 0.3) is 5.69 Å². The minimum Gasteiger partial charge on any atom is -0.378 e. The summed E-state index contributed by atoms with van der Waals surface area (Å²) in [6.45, 7) is 1.53. The predicted octanol–water partition coefficient (Wildman–Crippen LogP) is 2.45. The van der Waals surface area contributed by atoms with Gasteiger partial charge in [0, 0.05) is 19.2 Å². The molecule has 20 heavy (non-hydrogen) atoms. The standard InChI is InChI=1S/C13H17N3O3S/c17-16(18)12-6-2-1-5-11(12)15-13(20)14-8-7-10-4-3-9-19-10/h1-2,5-6,10H,3-4,7-9H2,(H2,14,15,20). The molecule has 108 valence electrons. The summed E-state index contributed by atoms with van der Waals surface area (Å²) in [5, 5.41) is 17.2. The van der Waals surface area contributed by atoms with E-state index in [1.165, 1.54) is 6.07 Å². The van der Waals surface area contributed by atoms with Crippen molar-refractivity contribution >= 4 is 28.7 Å². The maximum atomic E-state index is 10.9. The lowest BCUT2D eigenvalue weighted by atomic mass is 10.2. The third-order valence-electron chi connectivity index (χ3n) is 3.12. The van der Waals surface area contributed by atoms with Crippen LogP contribution in [0.15, 0.2) is 24.3 Å². The van der Waals surface area contributed by atoms with Crippen molar-refractivity contribution in [1.82, 2.24) is 5.32 Å². The van der Waals surface area contributed by atoms with Crippen LogP contribution in [0.2, 0.25) is 0 Å². The number of benzene rings is 1. The lowest BCUT2D eigenvalue weighted by molar-refractivity contribution is -0.383. The first-order chi connectivity index (χ1) is 9.66. The summed E-state index contributed by atoms with van der Waals surface area (Å²) in [7, 11) is 0. The highest BCUT2D eigenvalue weighted by Gasteiger charge is 2.16. The highest BCUT2D eigenvalue weighted by Crippen LogP contribution is 2.22. The van der Waals surface area contributed by atoms with Crippen molar-refractivity contribution in [3.05, 3.63) is 34.4 Å². The van der Waals surface area contributed by atoms with E-state index in [4.69, 9.17) is 17.0 Å².